The van der Waals surface area contributed by atoms with Crippen LogP contribution in [0, 0.1) is 12.8 Å². The summed E-state index contributed by atoms with van der Waals surface area (Å²) in [6.45, 7) is 5.31. The summed E-state index contributed by atoms with van der Waals surface area (Å²) < 4.78 is 2.05. The Bertz CT molecular complexity index is 781. The fourth-order valence-corrected chi connectivity index (χ4v) is 3.29. The van der Waals surface area contributed by atoms with Crippen molar-refractivity contribution in [3.8, 4) is 0 Å². The van der Waals surface area contributed by atoms with E-state index in [0.29, 0.717) is 13.1 Å². The van der Waals surface area contributed by atoms with Crippen LogP contribution in [-0.2, 0) is 23.2 Å². The lowest BCUT2D eigenvalue weighted by Crippen LogP contribution is -2.44. The van der Waals surface area contributed by atoms with Crippen molar-refractivity contribution >= 4 is 22.8 Å². The van der Waals surface area contributed by atoms with Crippen molar-refractivity contribution in [3.05, 3.63) is 29.6 Å². The fraction of sp³-hybridized carbons (Fsp3) is 0.500. The van der Waals surface area contributed by atoms with E-state index >= 15 is 0 Å². The molecule has 1 N–H and O–H groups in total. The molecular formula is C18H24N4O2. The molecule has 2 amide bonds. The smallest absolute Gasteiger partial charge is 0.225 e. The van der Waals surface area contributed by atoms with Gasteiger partial charge in [-0.2, -0.15) is 0 Å². The number of nitrogens with zero attached hydrogens (tertiary/aromatic N) is 3. The van der Waals surface area contributed by atoms with Gasteiger partial charge in [-0.1, -0.05) is 6.07 Å². The molecule has 24 heavy (non-hydrogen) atoms. The van der Waals surface area contributed by atoms with E-state index in [9.17, 15) is 9.59 Å². The van der Waals surface area contributed by atoms with Gasteiger partial charge in [0.05, 0.1) is 17.0 Å². The van der Waals surface area contributed by atoms with Crippen molar-refractivity contribution in [2.75, 3.05) is 13.1 Å². The standard InChI is InChI=1S/C18H24N4O2/c1-12-20-16-9-14(6-7-17(16)21(12)3)10-19-18(24)15-5-4-8-22(11-15)13(2)23/h6-7,9,15H,4-5,8,10-11H2,1-3H3,(H,19,24)/t15-/m1/s1. The molecule has 1 aromatic carbocycles. The number of carbonyl (C=O) groups is 2. The van der Waals surface area contributed by atoms with Crippen molar-refractivity contribution in [2.45, 2.75) is 33.2 Å². The Morgan fingerprint density at radius 3 is 2.92 bits per heavy atom. The summed E-state index contributed by atoms with van der Waals surface area (Å²) in [6.07, 6.45) is 1.73. The van der Waals surface area contributed by atoms with Crippen LogP contribution < -0.4 is 5.32 Å². The van der Waals surface area contributed by atoms with Crippen LogP contribution in [0.3, 0.4) is 0 Å². The maximum atomic E-state index is 12.4. The predicted octanol–water partition coefficient (Wildman–Crippen LogP) is 1.76. The number of likely N-dealkylation sites (tertiary alicyclic amines) is 1. The van der Waals surface area contributed by atoms with Gasteiger partial charge in [0.2, 0.25) is 11.8 Å². The van der Waals surface area contributed by atoms with Crippen LogP contribution in [0.5, 0.6) is 0 Å². The van der Waals surface area contributed by atoms with Crippen molar-refractivity contribution in [1.82, 2.24) is 19.8 Å². The molecule has 6 nitrogen and oxygen atoms in total. The number of carbonyl (C=O) groups excluding carboxylic acids is 2. The zero-order valence-electron chi connectivity index (χ0n) is 14.5. The highest BCUT2D eigenvalue weighted by Gasteiger charge is 2.26. The molecule has 3 rings (SSSR count). The van der Waals surface area contributed by atoms with Crippen LogP contribution in [0.4, 0.5) is 0 Å². The highest BCUT2D eigenvalue weighted by molar-refractivity contribution is 5.81. The molecule has 0 unspecified atom stereocenters. The molecule has 0 aliphatic carbocycles. The van der Waals surface area contributed by atoms with Crippen molar-refractivity contribution in [3.63, 3.8) is 0 Å². The number of fused-ring (bicyclic) bond motifs is 1. The fourth-order valence-electron chi connectivity index (χ4n) is 3.29. The zero-order valence-corrected chi connectivity index (χ0v) is 14.5. The number of aromatic nitrogens is 2. The topological polar surface area (TPSA) is 67.2 Å². The van der Waals surface area contributed by atoms with Crippen LogP contribution in [0.25, 0.3) is 11.0 Å². The van der Waals surface area contributed by atoms with Crippen LogP contribution in [0.2, 0.25) is 0 Å². The number of amides is 2. The van der Waals surface area contributed by atoms with E-state index in [-0.39, 0.29) is 17.7 Å². The minimum Gasteiger partial charge on any atom is -0.352 e. The van der Waals surface area contributed by atoms with Gasteiger partial charge in [0.25, 0.3) is 0 Å². The molecule has 2 aromatic rings. The molecule has 1 aliphatic heterocycles. The normalized spacial score (nSPS) is 18.0. The first-order valence-electron chi connectivity index (χ1n) is 8.41. The third-order valence-electron chi connectivity index (χ3n) is 4.87. The van der Waals surface area contributed by atoms with Gasteiger partial charge in [0.1, 0.15) is 5.82 Å². The van der Waals surface area contributed by atoms with E-state index in [2.05, 4.69) is 14.9 Å². The average Bonchev–Trinajstić information content (AvgIpc) is 2.86. The molecule has 0 bridgehead atoms. The van der Waals surface area contributed by atoms with E-state index in [0.717, 1.165) is 41.8 Å². The molecule has 128 valence electrons. The molecular weight excluding hydrogens is 304 g/mol. The van der Waals surface area contributed by atoms with E-state index in [1.165, 1.54) is 0 Å². The Labute approximate surface area is 141 Å². The number of rotatable bonds is 3. The molecule has 1 aliphatic rings. The van der Waals surface area contributed by atoms with Gasteiger partial charge in [0, 0.05) is 33.6 Å². The van der Waals surface area contributed by atoms with Gasteiger partial charge in [-0.05, 0) is 37.5 Å². The molecule has 1 fully saturated rings. The maximum Gasteiger partial charge on any atom is 0.225 e. The molecule has 1 atom stereocenters. The first kappa shape index (κ1) is 16.5. The highest BCUT2D eigenvalue weighted by Crippen LogP contribution is 2.18. The van der Waals surface area contributed by atoms with Gasteiger partial charge in [0.15, 0.2) is 0 Å². The summed E-state index contributed by atoms with van der Waals surface area (Å²) in [5, 5.41) is 3.00. The first-order valence-corrected chi connectivity index (χ1v) is 8.41. The van der Waals surface area contributed by atoms with Gasteiger partial charge in [-0.3, -0.25) is 9.59 Å². The minimum absolute atomic E-state index is 0.0262. The van der Waals surface area contributed by atoms with Crippen LogP contribution >= 0.6 is 0 Å². The number of hydrogen-bond donors (Lipinski definition) is 1. The van der Waals surface area contributed by atoms with Gasteiger partial charge in [-0.25, -0.2) is 4.98 Å². The quantitative estimate of drug-likeness (QED) is 0.933. The molecule has 1 aromatic heterocycles. The average molecular weight is 328 g/mol. The number of nitrogens with one attached hydrogen (secondary N) is 1. The highest BCUT2D eigenvalue weighted by atomic mass is 16.2. The van der Waals surface area contributed by atoms with Crippen molar-refractivity contribution in [2.24, 2.45) is 13.0 Å². The van der Waals surface area contributed by atoms with Gasteiger partial charge in [-0.15, -0.1) is 0 Å². The number of piperidine rings is 1. The summed E-state index contributed by atoms with van der Waals surface area (Å²) in [5.41, 5.74) is 3.07. The van der Waals surface area contributed by atoms with Crippen LogP contribution in [0.15, 0.2) is 18.2 Å². The SMILES string of the molecule is CC(=O)N1CCC[C@@H](C(=O)NCc2ccc3c(c2)nc(C)n3C)C1. The monoisotopic (exact) mass is 328 g/mol. The lowest BCUT2D eigenvalue weighted by atomic mass is 9.97. The molecule has 0 radical (unpaired) electrons. The maximum absolute atomic E-state index is 12.4. The Hall–Kier alpha value is -2.37. The molecule has 1 saturated heterocycles. The first-order chi connectivity index (χ1) is 11.5. The van der Waals surface area contributed by atoms with Crippen molar-refractivity contribution < 1.29 is 9.59 Å². The summed E-state index contributed by atoms with van der Waals surface area (Å²) in [4.78, 5) is 30.2. The second-order valence-electron chi connectivity index (χ2n) is 6.56. The third-order valence-corrected chi connectivity index (χ3v) is 4.87. The molecule has 0 saturated carbocycles. The number of hydrogen-bond acceptors (Lipinski definition) is 3. The van der Waals surface area contributed by atoms with E-state index in [4.69, 9.17) is 0 Å². The van der Waals surface area contributed by atoms with E-state index in [1.807, 2.05) is 32.2 Å². The van der Waals surface area contributed by atoms with E-state index in [1.54, 1.807) is 11.8 Å². The molecule has 6 heteroatoms. The summed E-state index contributed by atoms with van der Waals surface area (Å²) in [5.74, 6) is 0.933. The lowest BCUT2D eigenvalue weighted by Gasteiger charge is -2.31. The summed E-state index contributed by atoms with van der Waals surface area (Å²) >= 11 is 0. The third kappa shape index (κ3) is 3.27. The Morgan fingerprint density at radius 2 is 2.17 bits per heavy atom. The Morgan fingerprint density at radius 1 is 1.38 bits per heavy atom. The number of imidazole rings is 1. The minimum atomic E-state index is -0.108. The van der Waals surface area contributed by atoms with Gasteiger partial charge < -0.3 is 14.8 Å². The van der Waals surface area contributed by atoms with Crippen LogP contribution in [-0.4, -0.2) is 39.4 Å². The van der Waals surface area contributed by atoms with Crippen molar-refractivity contribution in [1.29, 1.82) is 0 Å². The van der Waals surface area contributed by atoms with Gasteiger partial charge >= 0.3 is 0 Å². The zero-order chi connectivity index (χ0) is 17.3. The Balaban J connectivity index is 1.62. The second kappa shape index (κ2) is 6.63. The predicted molar refractivity (Wildman–Crippen MR) is 92.3 cm³/mol. The molecule has 0 spiro atoms. The number of aryl methyl sites for hydroxylation is 2. The van der Waals surface area contributed by atoms with Crippen LogP contribution in [0.1, 0.15) is 31.2 Å². The second-order valence-corrected chi connectivity index (χ2v) is 6.56. The Kier molecular flexibility index (Phi) is 4.55. The largest absolute Gasteiger partial charge is 0.352 e. The molecule has 2 heterocycles. The summed E-state index contributed by atoms with van der Waals surface area (Å²) in [7, 11) is 2.00. The summed E-state index contributed by atoms with van der Waals surface area (Å²) in [6, 6.07) is 6.08. The lowest BCUT2D eigenvalue weighted by molar-refractivity contribution is -0.134. The number of benzene rings is 1. The van der Waals surface area contributed by atoms with E-state index < -0.39 is 0 Å².